The van der Waals surface area contributed by atoms with Gasteiger partial charge in [0.15, 0.2) is 0 Å². The van der Waals surface area contributed by atoms with Crippen LogP contribution >= 0.6 is 23.2 Å². The molecule has 0 unspecified atom stereocenters. The lowest BCUT2D eigenvalue weighted by Gasteiger charge is -2.16. The molecular formula is C11H14Cl2N2O2. The molecule has 0 spiro atoms. The first-order valence-electron chi connectivity index (χ1n) is 5.15. The predicted molar refractivity (Wildman–Crippen MR) is 69.7 cm³/mol. The first kappa shape index (κ1) is 14.1. The maximum absolute atomic E-state index is 11.0. The highest BCUT2D eigenvalue weighted by Crippen LogP contribution is 2.30. The molecule has 1 atom stereocenters. The van der Waals surface area contributed by atoms with Crippen molar-refractivity contribution in [2.75, 3.05) is 12.3 Å². The summed E-state index contributed by atoms with van der Waals surface area (Å²) in [6.07, 6.45) is 0.203. The number of benzene rings is 1. The van der Waals surface area contributed by atoms with Gasteiger partial charge in [0.05, 0.1) is 10.0 Å². The summed E-state index contributed by atoms with van der Waals surface area (Å²) in [7, 11) is 0. The maximum atomic E-state index is 11.0. The van der Waals surface area contributed by atoms with Gasteiger partial charge < -0.3 is 16.2 Å². The third-order valence-corrected chi connectivity index (χ3v) is 3.23. The molecule has 0 heterocycles. The molecule has 4 N–H and O–H groups in total. The topological polar surface area (TPSA) is 75.3 Å². The third-order valence-electron chi connectivity index (χ3n) is 2.39. The lowest BCUT2D eigenvalue weighted by Crippen LogP contribution is -2.38. The van der Waals surface area contributed by atoms with Gasteiger partial charge in [-0.1, -0.05) is 30.1 Å². The van der Waals surface area contributed by atoms with Crippen molar-refractivity contribution in [1.82, 2.24) is 5.32 Å². The highest BCUT2D eigenvalue weighted by atomic mass is 35.5. The van der Waals surface area contributed by atoms with Gasteiger partial charge in [0.1, 0.15) is 6.04 Å². The number of carbonyl (C=O) groups is 1. The van der Waals surface area contributed by atoms with E-state index in [-0.39, 0.29) is 6.42 Å². The van der Waals surface area contributed by atoms with Crippen LogP contribution in [0.5, 0.6) is 0 Å². The Bertz CT molecular complexity index is 424. The van der Waals surface area contributed by atoms with Crippen molar-refractivity contribution >= 4 is 34.9 Å². The molecule has 0 aliphatic heterocycles. The van der Waals surface area contributed by atoms with Crippen LogP contribution in [0.1, 0.15) is 12.5 Å². The number of halogens is 2. The second-order valence-electron chi connectivity index (χ2n) is 3.58. The average molecular weight is 277 g/mol. The molecule has 0 saturated carbocycles. The number of anilines is 1. The Morgan fingerprint density at radius 2 is 2.18 bits per heavy atom. The van der Waals surface area contributed by atoms with Crippen molar-refractivity contribution in [3.8, 4) is 0 Å². The van der Waals surface area contributed by atoms with Gasteiger partial charge in [-0.3, -0.25) is 4.79 Å². The minimum Gasteiger partial charge on any atom is -0.480 e. The van der Waals surface area contributed by atoms with Crippen LogP contribution in [0.25, 0.3) is 0 Å². The monoisotopic (exact) mass is 276 g/mol. The molecule has 0 radical (unpaired) electrons. The first-order valence-corrected chi connectivity index (χ1v) is 5.91. The normalized spacial score (nSPS) is 12.4. The molecule has 0 aliphatic rings. The molecule has 0 amide bonds. The van der Waals surface area contributed by atoms with E-state index in [9.17, 15) is 4.79 Å². The number of rotatable bonds is 5. The van der Waals surface area contributed by atoms with Crippen molar-refractivity contribution < 1.29 is 9.90 Å². The standard InChI is InChI=1S/C11H14Cl2N2O2/c1-2-15-9(11(16)17)5-6-8(14)4-3-7(12)10(6)13/h3-4,9,15H,2,5,14H2,1H3,(H,16,17)/t9-/m1/s1. The zero-order chi connectivity index (χ0) is 13.0. The molecule has 1 aromatic rings. The Morgan fingerprint density at radius 3 is 2.71 bits per heavy atom. The summed E-state index contributed by atoms with van der Waals surface area (Å²) in [4.78, 5) is 11.0. The van der Waals surface area contributed by atoms with E-state index in [0.29, 0.717) is 27.8 Å². The third kappa shape index (κ3) is 3.49. The van der Waals surface area contributed by atoms with Crippen molar-refractivity contribution in [3.63, 3.8) is 0 Å². The van der Waals surface area contributed by atoms with Gasteiger partial charge in [-0.05, 0) is 24.2 Å². The molecule has 0 fully saturated rings. The first-order chi connectivity index (χ1) is 7.97. The van der Waals surface area contributed by atoms with Gasteiger partial charge in [-0.2, -0.15) is 0 Å². The molecule has 0 aromatic heterocycles. The summed E-state index contributed by atoms with van der Waals surface area (Å²) in [6, 6.07) is 2.48. The van der Waals surface area contributed by atoms with Crippen molar-refractivity contribution in [2.45, 2.75) is 19.4 Å². The molecule has 1 rings (SSSR count). The molecule has 6 heteroatoms. The minimum atomic E-state index is -0.942. The second kappa shape index (κ2) is 6.10. The summed E-state index contributed by atoms with van der Waals surface area (Å²) < 4.78 is 0. The van der Waals surface area contributed by atoms with E-state index in [1.165, 1.54) is 0 Å². The van der Waals surface area contributed by atoms with Crippen LogP contribution in [0.4, 0.5) is 5.69 Å². The molecule has 0 bridgehead atoms. The molecule has 0 saturated heterocycles. The van der Waals surface area contributed by atoms with Gasteiger partial charge in [-0.25, -0.2) is 0 Å². The van der Waals surface area contributed by atoms with Crippen molar-refractivity contribution in [1.29, 1.82) is 0 Å². The fraction of sp³-hybridized carbons (Fsp3) is 0.364. The fourth-order valence-corrected chi connectivity index (χ4v) is 1.94. The van der Waals surface area contributed by atoms with E-state index in [4.69, 9.17) is 34.0 Å². The summed E-state index contributed by atoms with van der Waals surface area (Å²) >= 11 is 11.9. The largest absolute Gasteiger partial charge is 0.480 e. The zero-order valence-corrected chi connectivity index (χ0v) is 10.8. The predicted octanol–water partition coefficient (Wildman–Crippen LogP) is 2.18. The van der Waals surface area contributed by atoms with Crippen LogP contribution in [0.3, 0.4) is 0 Å². The Labute approximate surface area is 110 Å². The highest BCUT2D eigenvalue weighted by Gasteiger charge is 2.20. The van der Waals surface area contributed by atoms with Gasteiger partial charge >= 0.3 is 5.97 Å². The lowest BCUT2D eigenvalue weighted by molar-refractivity contribution is -0.139. The molecule has 1 aromatic carbocycles. The highest BCUT2D eigenvalue weighted by molar-refractivity contribution is 6.42. The Hall–Kier alpha value is -0.970. The van der Waals surface area contributed by atoms with Crippen LogP contribution in [0.15, 0.2) is 12.1 Å². The minimum absolute atomic E-state index is 0.203. The number of carboxylic acids is 1. The zero-order valence-electron chi connectivity index (χ0n) is 9.34. The summed E-state index contributed by atoms with van der Waals surface area (Å²) in [5.41, 5.74) is 6.78. The maximum Gasteiger partial charge on any atom is 0.321 e. The second-order valence-corrected chi connectivity index (χ2v) is 4.37. The number of nitrogens with two attached hydrogens (primary N) is 1. The SMILES string of the molecule is CCN[C@H](Cc1c(N)ccc(Cl)c1Cl)C(=O)O. The lowest BCUT2D eigenvalue weighted by atomic mass is 10.0. The van der Waals surface area contributed by atoms with E-state index in [1.807, 2.05) is 6.92 Å². The summed E-state index contributed by atoms with van der Waals surface area (Å²) in [5.74, 6) is -0.942. The summed E-state index contributed by atoms with van der Waals surface area (Å²) in [6.45, 7) is 2.38. The van der Waals surface area contributed by atoms with E-state index in [0.717, 1.165) is 0 Å². The van der Waals surface area contributed by atoms with E-state index < -0.39 is 12.0 Å². The van der Waals surface area contributed by atoms with Crippen LogP contribution in [0.2, 0.25) is 10.0 Å². The smallest absolute Gasteiger partial charge is 0.321 e. The van der Waals surface area contributed by atoms with Gasteiger partial charge in [-0.15, -0.1) is 0 Å². The molecule has 94 valence electrons. The fourth-order valence-electron chi connectivity index (χ4n) is 1.51. The number of aliphatic carboxylic acids is 1. The average Bonchev–Trinajstić information content (AvgIpc) is 2.28. The van der Waals surface area contributed by atoms with E-state index in [2.05, 4.69) is 5.32 Å². The Morgan fingerprint density at radius 1 is 1.53 bits per heavy atom. The van der Waals surface area contributed by atoms with Crippen LogP contribution in [-0.4, -0.2) is 23.7 Å². The van der Waals surface area contributed by atoms with E-state index in [1.54, 1.807) is 12.1 Å². The number of carboxylic acid groups (broad SMARTS) is 1. The molecular weight excluding hydrogens is 263 g/mol. The Balaban J connectivity index is 3.00. The molecule has 17 heavy (non-hydrogen) atoms. The number of hydrogen-bond acceptors (Lipinski definition) is 3. The molecule has 4 nitrogen and oxygen atoms in total. The van der Waals surface area contributed by atoms with Gasteiger partial charge in [0, 0.05) is 12.1 Å². The molecule has 0 aliphatic carbocycles. The number of likely N-dealkylation sites (N-methyl/N-ethyl adjacent to an activating group) is 1. The van der Waals surface area contributed by atoms with Crippen LogP contribution in [-0.2, 0) is 11.2 Å². The van der Waals surface area contributed by atoms with Crippen LogP contribution in [0, 0.1) is 0 Å². The Kier molecular flexibility index (Phi) is 5.05. The number of nitrogens with one attached hydrogen (secondary N) is 1. The quantitative estimate of drug-likeness (QED) is 0.721. The van der Waals surface area contributed by atoms with E-state index >= 15 is 0 Å². The number of hydrogen-bond donors (Lipinski definition) is 3. The van der Waals surface area contributed by atoms with Crippen molar-refractivity contribution in [3.05, 3.63) is 27.7 Å². The summed E-state index contributed by atoms with van der Waals surface area (Å²) in [5, 5.41) is 12.6. The van der Waals surface area contributed by atoms with Gasteiger partial charge in [0.25, 0.3) is 0 Å². The number of nitrogen functional groups attached to an aromatic ring is 1. The van der Waals surface area contributed by atoms with Gasteiger partial charge in [0.2, 0.25) is 0 Å². The van der Waals surface area contributed by atoms with Crippen LogP contribution < -0.4 is 11.1 Å². The van der Waals surface area contributed by atoms with Crippen molar-refractivity contribution in [2.24, 2.45) is 0 Å².